The third kappa shape index (κ3) is 3.28. The number of nitrogens with one attached hydrogen (secondary N) is 1. The zero-order valence-electron chi connectivity index (χ0n) is 9.29. The van der Waals surface area contributed by atoms with Gasteiger partial charge in [0.25, 0.3) is 0 Å². The van der Waals surface area contributed by atoms with Crippen LogP contribution in [0.25, 0.3) is 0 Å². The monoisotopic (exact) mass is 248 g/mol. The first kappa shape index (κ1) is 11.6. The van der Waals surface area contributed by atoms with Gasteiger partial charge in [0.05, 0.1) is 0 Å². The molecule has 0 spiro atoms. The molecule has 7 heteroatoms. The van der Waals surface area contributed by atoms with Crippen molar-refractivity contribution in [3.63, 3.8) is 0 Å². The van der Waals surface area contributed by atoms with Crippen molar-refractivity contribution in [2.24, 2.45) is 0 Å². The smallest absolute Gasteiger partial charge is 0.223 e. The highest BCUT2D eigenvalue weighted by molar-refractivity contribution is 7.99. The lowest BCUT2D eigenvalue weighted by Gasteiger charge is -2.05. The molecular formula is C10H12N6S. The van der Waals surface area contributed by atoms with Gasteiger partial charge >= 0.3 is 0 Å². The lowest BCUT2D eigenvalue weighted by molar-refractivity contribution is 0.957. The molecule has 2 heterocycles. The molecule has 0 bridgehead atoms. The van der Waals surface area contributed by atoms with Crippen LogP contribution in [0.1, 0.15) is 6.92 Å². The van der Waals surface area contributed by atoms with Crippen LogP contribution < -0.4 is 11.1 Å². The summed E-state index contributed by atoms with van der Waals surface area (Å²) < 4.78 is 0. The normalized spacial score (nSPS) is 10.2. The molecule has 2 aromatic heterocycles. The van der Waals surface area contributed by atoms with Gasteiger partial charge < -0.3 is 11.1 Å². The second-order valence-corrected chi connectivity index (χ2v) is 4.10. The standard InChI is InChI=1S/C10H12N6S/c1-2-12-7-6-8(16-9(11)15-7)17-10-13-4-3-5-14-10/h3-6H,2H2,1H3,(H3,11,12,15,16). The Morgan fingerprint density at radius 2 is 2.06 bits per heavy atom. The van der Waals surface area contributed by atoms with E-state index in [4.69, 9.17) is 5.73 Å². The average Bonchev–Trinajstić information content (AvgIpc) is 2.30. The number of hydrogen-bond donors (Lipinski definition) is 2. The summed E-state index contributed by atoms with van der Waals surface area (Å²) in [5, 5.41) is 4.44. The minimum absolute atomic E-state index is 0.238. The maximum Gasteiger partial charge on any atom is 0.223 e. The molecule has 0 fully saturated rings. The highest BCUT2D eigenvalue weighted by Gasteiger charge is 2.05. The first-order chi connectivity index (χ1) is 8.28. The van der Waals surface area contributed by atoms with E-state index in [2.05, 4.69) is 25.3 Å². The Morgan fingerprint density at radius 3 is 2.76 bits per heavy atom. The number of nitrogens with two attached hydrogens (primary N) is 1. The van der Waals surface area contributed by atoms with Crippen LogP contribution >= 0.6 is 11.8 Å². The highest BCUT2D eigenvalue weighted by Crippen LogP contribution is 2.24. The quantitative estimate of drug-likeness (QED) is 0.625. The zero-order valence-corrected chi connectivity index (χ0v) is 10.1. The molecule has 0 saturated carbocycles. The molecule has 0 aromatic carbocycles. The Hall–Kier alpha value is -1.89. The van der Waals surface area contributed by atoms with E-state index in [1.165, 1.54) is 11.8 Å². The molecule has 0 amide bonds. The van der Waals surface area contributed by atoms with Crippen LogP contribution in [0, 0.1) is 0 Å². The van der Waals surface area contributed by atoms with Crippen molar-refractivity contribution < 1.29 is 0 Å². The van der Waals surface area contributed by atoms with Gasteiger partial charge in [0.15, 0.2) is 5.16 Å². The van der Waals surface area contributed by atoms with Crippen LogP contribution in [0.5, 0.6) is 0 Å². The number of nitrogens with zero attached hydrogens (tertiary/aromatic N) is 4. The summed E-state index contributed by atoms with van der Waals surface area (Å²) in [5.74, 6) is 0.945. The topological polar surface area (TPSA) is 89.6 Å². The van der Waals surface area contributed by atoms with Crippen LogP contribution in [-0.4, -0.2) is 26.5 Å². The largest absolute Gasteiger partial charge is 0.370 e. The maximum atomic E-state index is 5.63. The molecule has 2 rings (SSSR count). The number of nitrogen functional groups attached to an aromatic ring is 1. The van der Waals surface area contributed by atoms with E-state index in [1.807, 2.05) is 13.0 Å². The molecule has 0 aliphatic carbocycles. The van der Waals surface area contributed by atoms with Crippen LogP contribution in [0.15, 0.2) is 34.7 Å². The predicted molar refractivity (Wildman–Crippen MR) is 66.8 cm³/mol. The molecule has 3 N–H and O–H groups in total. The van der Waals surface area contributed by atoms with Crippen LogP contribution in [0.4, 0.5) is 11.8 Å². The number of aromatic nitrogens is 4. The summed E-state index contributed by atoms with van der Waals surface area (Å²) in [5.41, 5.74) is 5.63. The van der Waals surface area contributed by atoms with E-state index in [0.29, 0.717) is 11.0 Å². The summed E-state index contributed by atoms with van der Waals surface area (Å²) in [7, 11) is 0. The SMILES string of the molecule is CCNc1cc(Sc2ncccn2)nc(N)n1. The van der Waals surface area contributed by atoms with Crippen molar-refractivity contribution >= 4 is 23.5 Å². The lowest BCUT2D eigenvalue weighted by atomic mass is 10.5. The molecule has 0 atom stereocenters. The minimum atomic E-state index is 0.238. The Kier molecular flexibility index (Phi) is 3.71. The maximum absolute atomic E-state index is 5.63. The fraction of sp³-hybridized carbons (Fsp3) is 0.200. The first-order valence-corrected chi connectivity index (χ1v) is 5.93. The molecule has 17 heavy (non-hydrogen) atoms. The molecule has 0 saturated heterocycles. The first-order valence-electron chi connectivity index (χ1n) is 5.11. The Balaban J connectivity index is 2.21. The molecule has 0 aliphatic heterocycles. The predicted octanol–water partition coefficient (Wildman–Crippen LogP) is 1.43. The van der Waals surface area contributed by atoms with Crippen molar-refractivity contribution in [1.82, 2.24) is 19.9 Å². The van der Waals surface area contributed by atoms with Gasteiger partial charge in [-0.25, -0.2) is 15.0 Å². The Morgan fingerprint density at radius 1 is 1.29 bits per heavy atom. The van der Waals surface area contributed by atoms with Crippen molar-refractivity contribution in [2.45, 2.75) is 17.1 Å². The molecular weight excluding hydrogens is 236 g/mol. The summed E-state index contributed by atoms with van der Waals surface area (Å²) in [6.45, 7) is 2.77. The van der Waals surface area contributed by atoms with E-state index in [0.717, 1.165) is 11.6 Å². The molecule has 0 unspecified atom stereocenters. The van der Waals surface area contributed by atoms with E-state index in [-0.39, 0.29) is 5.95 Å². The second kappa shape index (κ2) is 5.44. The van der Waals surface area contributed by atoms with Crippen molar-refractivity contribution in [3.8, 4) is 0 Å². The third-order valence-electron chi connectivity index (χ3n) is 1.82. The van der Waals surface area contributed by atoms with Gasteiger partial charge in [-0.2, -0.15) is 4.98 Å². The van der Waals surface area contributed by atoms with E-state index < -0.39 is 0 Å². The summed E-state index contributed by atoms with van der Waals surface area (Å²) in [4.78, 5) is 16.4. The fourth-order valence-corrected chi connectivity index (χ4v) is 1.92. The van der Waals surface area contributed by atoms with Gasteiger partial charge in [0.1, 0.15) is 10.8 Å². The van der Waals surface area contributed by atoms with Gasteiger partial charge in [-0.05, 0) is 24.8 Å². The summed E-state index contributed by atoms with van der Waals surface area (Å²) in [6.07, 6.45) is 3.37. The van der Waals surface area contributed by atoms with E-state index in [9.17, 15) is 0 Å². The summed E-state index contributed by atoms with van der Waals surface area (Å²) in [6, 6.07) is 3.59. The van der Waals surface area contributed by atoms with Crippen LogP contribution in [0.2, 0.25) is 0 Å². The Bertz CT molecular complexity index is 489. The third-order valence-corrected chi connectivity index (χ3v) is 2.63. The second-order valence-electron chi connectivity index (χ2n) is 3.11. The lowest BCUT2D eigenvalue weighted by Crippen LogP contribution is -2.04. The number of rotatable bonds is 4. The van der Waals surface area contributed by atoms with Gasteiger partial charge in [-0.1, -0.05) is 0 Å². The van der Waals surface area contributed by atoms with E-state index in [1.54, 1.807) is 18.5 Å². The van der Waals surface area contributed by atoms with Gasteiger partial charge in [0.2, 0.25) is 5.95 Å². The van der Waals surface area contributed by atoms with E-state index >= 15 is 0 Å². The zero-order chi connectivity index (χ0) is 12.1. The molecule has 0 aliphatic rings. The number of hydrogen-bond acceptors (Lipinski definition) is 7. The van der Waals surface area contributed by atoms with Crippen molar-refractivity contribution in [2.75, 3.05) is 17.6 Å². The van der Waals surface area contributed by atoms with Crippen molar-refractivity contribution in [1.29, 1.82) is 0 Å². The molecule has 88 valence electrons. The Labute approximate surface area is 103 Å². The fourth-order valence-electron chi connectivity index (χ4n) is 1.20. The molecule has 2 aromatic rings. The van der Waals surface area contributed by atoms with Crippen LogP contribution in [-0.2, 0) is 0 Å². The van der Waals surface area contributed by atoms with Gasteiger partial charge in [-0.15, -0.1) is 0 Å². The highest BCUT2D eigenvalue weighted by atomic mass is 32.2. The molecule has 6 nitrogen and oxygen atoms in total. The van der Waals surface area contributed by atoms with Crippen LogP contribution in [0.3, 0.4) is 0 Å². The van der Waals surface area contributed by atoms with Crippen molar-refractivity contribution in [3.05, 3.63) is 24.5 Å². The average molecular weight is 248 g/mol. The van der Waals surface area contributed by atoms with Gasteiger partial charge in [-0.3, -0.25) is 0 Å². The minimum Gasteiger partial charge on any atom is -0.370 e. The number of anilines is 2. The molecule has 0 radical (unpaired) electrons. The summed E-state index contributed by atoms with van der Waals surface area (Å²) >= 11 is 1.35. The van der Waals surface area contributed by atoms with Gasteiger partial charge in [0, 0.05) is 25.0 Å².